The number of phenols is 1. The predicted molar refractivity (Wildman–Crippen MR) is 126 cm³/mol. The second-order valence-corrected chi connectivity index (χ2v) is 9.67. The number of rotatable bonds is 7. The molecule has 0 bridgehead atoms. The molecular weight excluding hydrogens is 488 g/mol. The maximum absolute atomic E-state index is 11.1. The second-order valence-electron chi connectivity index (χ2n) is 9.67. The van der Waals surface area contributed by atoms with E-state index in [0.29, 0.717) is 18.1 Å². The fourth-order valence-corrected chi connectivity index (χ4v) is 5.70. The predicted octanol–water partition coefficient (Wildman–Crippen LogP) is 0.0501. The van der Waals surface area contributed by atoms with Crippen LogP contribution in [-0.2, 0) is 9.47 Å². The van der Waals surface area contributed by atoms with Gasteiger partial charge in [-0.05, 0) is 41.3 Å². The molecule has 1 aliphatic carbocycles. The van der Waals surface area contributed by atoms with Crippen molar-refractivity contribution < 1.29 is 54.3 Å². The van der Waals surface area contributed by atoms with E-state index in [4.69, 9.17) is 23.7 Å². The van der Waals surface area contributed by atoms with Crippen molar-refractivity contribution in [3.8, 4) is 23.0 Å². The van der Waals surface area contributed by atoms with Crippen molar-refractivity contribution in [2.45, 2.75) is 48.8 Å². The molecule has 0 amide bonds. The lowest BCUT2D eigenvalue weighted by molar-refractivity contribution is -0.277. The number of methoxy groups -OCH3 is 2. The van der Waals surface area contributed by atoms with Gasteiger partial charge in [0.2, 0.25) is 6.29 Å². The molecule has 2 heterocycles. The number of ether oxygens (including phenoxy) is 5. The summed E-state index contributed by atoms with van der Waals surface area (Å²) in [5, 5.41) is 60.7. The molecule has 11 heteroatoms. The van der Waals surface area contributed by atoms with Crippen LogP contribution in [0.3, 0.4) is 0 Å². The van der Waals surface area contributed by atoms with Crippen LogP contribution < -0.4 is 14.2 Å². The van der Waals surface area contributed by atoms with E-state index < -0.39 is 43.4 Å². The maximum atomic E-state index is 11.1. The Labute approximate surface area is 213 Å². The Morgan fingerprint density at radius 3 is 2.24 bits per heavy atom. The summed E-state index contributed by atoms with van der Waals surface area (Å²) in [6, 6.07) is 10.2. The first kappa shape index (κ1) is 26.0. The zero-order valence-electron chi connectivity index (χ0n) is 20.4. The summed E-state index contributed by atoms with van der Waals surface area (Å²) in [5.41, 5.74) is 1.64. The minimum Gasteiger partial charge on any atom is -0.504 e. The van der Waals surface area contributed by atoms with Gasteiger partial charge >= 0.3 is 0 Å². The number of fused-ring (bicyclic) bond motifs is 1. The molecule has 3 fully saturated rings. The summed E-state index contributed by atoms with van der Waals surface area (Å²) in [6.07, 6.45) is -8.10. The van der Waals surface area contributed by atoms with E-state index in [1.165, 1.54) is 14.2 Å². The van der Waals surface area contributed by atoms with Crippen LogP contribution in [0.25, 0.3) is 0 Å². The van der Waals surface area contributed by atoms with Crippen LogP contribution in [0.15, 0.2) is 36.4 Å². The van der Waals surface area contributed by atoms with E-state index >= 15 is 0 Å². The highest BCUT2D eigenvalue weighted by atomic mass is 16.7. The third kappa shape index (κ3) is 4.40. The van der Waals surface area contributed by atoms with Crippen molar-refractivity contribution in [3.63, 3.8) is 0 Å². The quantitative estimate of drug-likeness (QED) is 0.292. The van der Waals surface area contributed by atoms with Crippen LogP contribution in [-0.4, -0.2) is 94.9 Å². The molecule has 6 N–H and O–H groups in total. The maximum Gasteiger partial charge on any atom is 0.229 e. The number of phenolic OH excluding ortho intramolecular Hbond substituents is 1. The van der Waals surface area contributed by atoms with Gasteiger partial charge in [-0.25, -0.2) is 0 Å². The summed E-state index contributed by atoms with van der Waals surface area (Å²) in [4.78, 5) is 0. The van der Waals surface area contributed by atoms with Gasteiger partial charge in [-0.2, -0.15) is 0 Å². The molecule has 0 aromatic heterocycles. The summed E-state index contributed by atoms with van der Waals surface area (Å²) >= 11 is 0. The van der Waals surface area contributed by atoms with Gasteiger partial charge in [0, 0.05) is 11.8 Å². The molecule has 1 saturated carbocycles. The van der Waals surface area contributed by atoms with Gasteiger partial charge in [0.15, 0.2) is 23.0 Å². The van der Waals surface area contributed by atoms with Crippen molar-refractivity contribution >= 4 is 0 Å². The Hall–Kier alpha value is -2.64. The van der Waals surface area contributed by atoms with Crippen LogP contribution >= 0.6 is 0 Å². The lowest BCUT2D eigenvalue weighted by atomic mass is 9.59. The van der Waals surface area contributed by atoms with E-state index in [1.807, 2.05) is 0 Å². The first-order chi connectivity index (χ1) is 17.8. The Bertz CT molecular complexity index is 1110. The molecule has 2 aromatic carbocycles. The number of aliphatic hydroxyl groups excluding tert-OH is 5. The largest absolute Gasteiger partial charge is 0.504 e. The smallest absolute Gasteiger partial charge is 0.229 e. The van der Waals surface area contributed by atoms with Gasteiger partial charge in [0.25, 0.3) is 0 Å². The van der Waals surface area contributed by atoms with Crippen LogP contribution in [0.1, 0.15) is 23.1 Å². The van der Waals surface area contributed by atoms with Crippen molar-refractivity contribution in [3.05, 3.63) is 47.5 Å². The number of aliphatic hydroxyl groups is 5. The molecule has 11 nitrogen and oxygen atoms in total. The number of hydrogen-bond acceptors (Lipinski definition) is 11. The molecule has 5 rings (SSSR count). The fourth-order valence-electron chi connectivity index (χ4n) is 5.70. The van der Waals surface area contributed by atoms with Crippen molar-refractivity contribution in [1.82, 2.24) is 0 Å². The summed E-state index contributed by atoms with van der Waals surface area (Å²) < 4.78 is 28.0. The first-order valence-corrected chi connectivity index (χ1v) is 12.1. The van der Waals surface area contributed by atoms with Gasteiger partial charge in [0.1, 0.15) is 24.4 Å². The molecule has 0 unspecified atom stereocenters. The second kappa shape index (κ2) is 10.3. The average molecular weight is 521 g/mol. The van der Waals surface area contributed by atoms with Crippen LogP contribution in [0, 0.1) is 11.8 Å². The fraction of sp³-hybridized carbons (Fsp3) is 0.538. The highest BCUT2D eigenvalue weighted by Crippen LogP contribution is 2.58. The van der Waals surface area contributed by atoms with E-state index in [-0.39, 0.29) is 35.4 Å². The van der Waals surface area contributed by atoms with Crippen LogP contribution in [0.4, 0.5) is 0 Å². The highest BCUT2D eigenvalue weighted by molar-refractivity contribution is 5.46. The number of aromatic hydroxyl groups is 1. The average Bonchev–Trinajstić information content (AvgIpc) is 3.29. The Balaban J connectivity index is 1.32. The molecule has 0 radical (unpaired) electrons. The van der Waals surface area contributed by atoms with Gasteiger partial charge in [-0.1, -0.05) is 12.1 Å². The number of benzene rings is 2. The molecule has 202 valence electrons. The molecule has 2 aromatic rings. The Kier molecular flexibility index (Phi) is 7.20. The lowest BCUT2D eigenvalue weighted by Crippen LogP contribution is -2.60. The third-order valence-electron chi connectivity index (χ3n) is 7.73. The van der Waals surface area contributed by atoms with E-state index in [0.717, 1.165) is 11.1 Å². The Morgan fingerprint density at radius 1 is 0.838 bits per heavy atom. The zero-order chi connectivity index (χ0) is 26.4. The monoisotopic (exact) mass is 520 g/mol. The topological polar surface area (TPSA) is 168 Å². The van der Waals surface area contributed by atoms with Crippen LogP contribution in [0.2, 0.25) is 0 Å². The molecule has 2 saturated heterocycles. The molecule has 3 aliphatic rings. The summed E-state index contributed by atoms with van der Waals surface area (Å²) in [5.74, 6) is 0.694. The summed E-state index contributed by atoms with van der Waals surface area (Å²) in [6.45, 7) is -0.117. The van der Waals surface area contributed by atoms with Gasteiger partial charge < -0.3 is 54.3 Å². The van der Waals surface area contributed by atoms with E-state index in [9.17, 15) is 30.6 Å². The minimum absolute atomic E-state index is 0.0373. The summed E-state index contributed by atoms with van der Waals surface area (Å²) in [7, 11) is 2.93. The van der Waals surface area contributed by atoms with Crippen LogP contribution in [0.5, 0.6) is 23.0 Å². The van der Waals surface area contributed by atoms with E-state index in [2.05, 4.69) is 0 Å². The third-order valence-corrected chi connectivity index (χ3v) is 7.73. The molecule has 0 spiro atoms. The number of hydrogen-bond donors (Lipinski definition) is 6. The highest BCUT2D eigenvalue weighted by Gasteiger charge is 2.58. The van der Waals surface area contributed by atoms with Crippen molar-refractivity contribution in [1.29, 1.82) is 0 Å². The molecule has 37 heavy (non-hydrogen) atoms. The van der Waals surface area contributed by atoms with Crippen molar-refractivity contribution in [2.24, 2.45) is 11.8 Å². The SMILES string of the molecule is COc1cc([C@H]2[C@@H](O)[C@H]3[C@@H]2CO[C@@H]3c2ccc(O[C@@H]3O[C@H](CO)[C@@H](O)[C@H](O)[C@H]3O)c(OC)c2)ccc1O. The molecule has 10 atom stereocenters. The lowest BCUT2D eigenvalue weighted by Gasteiger charge is -2.46. The van der Waals surface area contributed by atoms with E-state index in [1.54, 1.807) is 36.4 Å². The van der Waals surface area contributed by atoms with Gasteiger partial charge in [-0.3, -0.25) is 0 Å². The molecular formula is C26H32O11. The van der Waals surface area contributed by atoms with Gasteiger partial charge in [-0.15, -0.1) is 0 Å². The first-order valence-electron chi connectivity index (χ1n) is 12.1. The van der Waals surface area contributed by atoms with Crippen molar-refractivity contribution in [2.75, 3.05) is 27.4 Å². The van der Waals surface area contributed by atoms with Gasteiger partial charge in [0.05, 0.1) is 39.6 Å². The standard InChI is InChI=1S/C26H32O11/c1-33-16-7-11(3-5-14(16)28)19-13-10-35-25(20(13)22(19)30)12-4-6-15(17(8-12)34-2)36-26-24(32)23(31)21(29)18(9-27)37-26/h3-8,13,18-32H,9-10H2,1-2H3/t13-,18-,19-,20-,21-,22-,23+,24-,25-,26-/m1/s1. The Morgan fingerprint density at radius 2 is 1.54 bits per heavy atom. The normalized spacial score (nSPS) is 36.9. The molecule has 2 aliphatic heterocycles. The zero-order valence-corrected chi connectivity index (χ0v) is 20.4. The minimum atomic E-state index is -1.56.